The SMILES string of the molecule is COc1ccc(C2c3sc(=S)[nH]c3SC3C4CC(C5C(=O)N(c6ccc(F)cc6)C(=O)C45)C23)cc1. The molecule has 4 aliphatic rings. The summed E-state index contributed by atoms with van der Waals surface area (Å²) in [6, 6.07) is 13.8. The number of aromatic nitrogens is 1. The van der Waals surface area contributed by atoms with Gasteiger partial charge in [0.2, 0.25) is 11.8 Å². The van der Waals surface area contributed by atoms with Crippen molar-refractivity contribution in [1.82, 2.24) is 4.98 Å². The number of nitrogens with one attached hydrogen (secondary N) is 1. The second-order valence-corrected chi connectivity index (χ2v) is 12.6. The summed E-state index contributed by atoms with van der Waals surface area (Å²) in [5.41, 5.74) is 1.64. The third-order valence-electron chi connectivity index (χ3n) is 8.28. The molecular weight excluding hydrogens is 503 g/mol. The number of aromatic amines is 1. The number of fused-ring (bicyclic) bond motifs is 9. The highest BCUT2D eigenvalue weighted by Gasteiger charge is 2.69. The third-order valence-corrected chi connectivity index (χ3v) is 11.2. The van der Waals surface area contributed by atoms with Crippen molar-refractivity contribution in [3.05, 3.63) is 68.7 Å². The van der Waals surface area contributed by atoms with Gasteiger partial charge in [-0.25, -0.2) is 4.39 Å². The van der Waals surface area contributed by atoms with Crippen molar-refractivity contribution >= 4 is 52.8 Å². The molecule has 3 fully saturated rings. The van der Waals surface area contributed by atoms with Crippen LogP contribution in [0.3, 0.4) is 0 Å². The minimum absolute atomic E-state index is 0.110. The summed E-state index contributed by atoms with van der Waals surface area (Å²) in [4.78, 5) is 33.2. The van der Waals surface area contributed by atoms with Gasteiger partial charge in [0.25, 0.3) is 0 Å². The van der Waals surface area contributed by atoms with Crippen molar-refractivity contribution in [1.29, 1.82) is 0 Å². The summed E-state index contributed by atoms with van der Waals surface area (Å²) in [5, 5.41) is 1.32. The first-order valence-corrected chi connectivity index (χ1v) is 13.7. The Balaban J connectivity index is 1.31. The van der Waals surface area contributed by atoms with E-state index < -0.39 is 0 Å². The number of H-pyrrole nitrogens is 1. The largest absolute Gasteiger partial charge is 0.497 e. The number of rotatable bonds is 3. The van der Waals surface area contributed by atoms with Crippen molar-refractivity contribution in [3.8, 4) is 5.75 Å². The van der Waals surface area contributed by atoms with Crippen LogP contribution in [0.15, 0.2) is 53.6 Å². The monoisotopic (exact) mass is 524 g/mol. The molecule has 2 amide bonds. The number of methoxy groups -OCH3 is 1. The van der Waals surface area contributed by atoms with E-state index in [2.05, 4.69) is 17.1 Å². The highest BCUT2D eigenvalue weighted by atomic mass is 32.2. The van der Waals surface area contributed by atoms with Gasteiger partial charge in [-0.1, -0.05) is 12.1 Å². The summed E-state index contributed by atoms with van der Waals surface area (Å²) < 4.78 is 19.6. The molecule has 2 saturated carbocycles. The average Bonchev–Trinajstić information content (AvgIpc) is 3.59. The van der Waals surface area contributed by atoms with E-state index in [1.54, 1.807) is 30.2 Å². The topological polar surface area (TPSA) is 62.4 Å². The van der Waals surface area contributed by atoms with E-state index in [-0.39, 0.29) is 58.4 Å². The highest BCUT2D eigenvalue weighted by molar-refractivity contribution is 8.00. The summed E-state index contributed by atoms with van der Waals surface area (Å²) in [7, 11) is 1.66. The molecule has 1 saturated heterocycles. The fraction of sp³-hybridized carbons (Fsp3) is 0.346. The zero-order valence-electron chi connectivity index (χ0n) is 18.6. The maximum Gasteiger partial charge on any atom is 0.238 e. The summed E-state index contributed by atoms with van der Waals surface area (Å²) in [6.45, 7) is 0. The molecule has 2 aromatic carbocycles. The van der Waals surface area contributed by atoms with Gasteiger partial charge in [0.15, 0.2) is 3.95 Å². The molecule has 7 unspecified atom stereocenters. The number of amides is 2. The molecule has 0 radical (unpaired) electrons. The fourth-order valence-electron chi connectivity index (χ4n) is 7.05. The lowest BCUT2D eigenvalue weighted by atomic mass is 9.68. The minimum Gasteiger partial charge on any atom is -0.497 e. The molecule has 7 atom stereocenters. The minimum atomic E-state index is -0.388. The Bertz CT molecular complexity index is 1420. The Labute approximate surface area is 214 Å². The lowest BCUT2D eigenvalue weighted by Crippen LogP contribution is -2.42. The number of nitrogens with zero attached hydrogens (tertiary/aromatic N) is 1. The molecule has 7 rings (SSSR count). The van der Waals surface area contributed by atoms with Gasteiger partial charge >= 0.3 is 0 Å². The number of thiazole rings is 1. The van der Waals surface area contributed by atoms with E-state index in [1.165, 1.54) is 39.6 Å². The molecule has 35 heavy (non-hydrogen) atoms. The fourth-order valence-corrected chi connectivity index (χ4v) is 10.4. The Kier molecular flexibility index (Phi) is 4.82. The van der Waals surface area contributed by atoms with Crippen LogP contribution < -0.4 is 9.64 Å². The maximum absolute atomic E-state index is 13.7. The number of anilines is 1. The molecule has 0 spiro atoms. The summed E-state index contributed by atoms with van der Waals surface area (Å²) >= 11 is 8.93. The molecule has 1 aromatic heterocycles. The van der Waals surface area contributed by atoms with Gasteiger partial charge in [-0.15, -0.1) is 23.1 Å². The molecule has 3 aromatic rings. The van der Waals surface area contributed by atoms with Crippen LogP contribution in [0.25, 0.3) is 0 Å². The molecule has 2 aliphatic carbocycles. The summed E-state index contributed by atoms with van der Waals surface area (Å²) in [5.74, 6) is 0.0833. The number of halogens is 1. The number of hydrogen-bond donors (Lipinski definition) is 1. The van der Waals surface area contributed by atoms with Gasteiger partial charge in [0.05, 0.1) is 29.7 Å². The third kappa shape index (κ3) is 3.01. The van der Waals surface area contributed by atoms with E-state index in [1.807, 2.05) is 12.1 Å². The Morgan fingerprint density at radius 2 is 1.71 bits per heavy atom. The van der Waals surface area contributed by atoms with Crippen LogP contribution in [0, 0.1) is 39.4 Å². The average molecular weight is 525 g/mol. The van der Waals surface area contributed by atoms with E-state index in [4.69, 9.17) is 17.0 Å². The van der Waals surface area contributed by atoms with Gasteiger partial charge in [-0.3, -0.25) is 14.5 Å². The maximum atomic E-state index is 13.7. The second-order valence-electron chi connectivity index (χ2n) is 9.72. The van der Waals surface area contributed by atoms with Crippen molar-refractivity contribution < 1.29 is 18.7 Å². The Hall–Kier alpha value is -2.49. The van der Waals surface area contributed by atoms with Crippen molar-refractivity contribution in [2.24, 2.45) is 29.6 Å². The number of hydrogen-bond acceptors (Lipinski definition) is 6. The van der Waals surface area contributed by atoms with Crippen LogP contribution in [0.2, 0.25) is 0 Å². The number of thioether (sulfide) groups is 1. The first-order valence-electron chi connectivity index (χ1n) is 11.6. The summed E-state index contributed by atoms with van der Waals surface area (Å²) in [6.07, 6.45) is 0.884. The zero-order valence-corrected chi connectivity index (χ0v) is 21.1. The lowest BCUT2D eigenvalue weighted by molar-refractivity contribution is -0.123. The van der Waals surface area contributed by atoms with Crippen LogP contribution in [0.1, 0.15) is 22.8 Å². The van der Waals surface area contributed by atoms with Crippen LogP contribution in [-0.2, 0) is 9.59 Å². The number of imide groups is 1. The van der Waals surface area contributed by atoms with Gasteiger partial charge in [0, 0.05) is 16.0 Å². The van der Waals surface area contributed by atoms with Crippen molar-refractivity contribution in [2.75, 3.05) is 12.0 Å². The van der Waals surface area contributed by atoms with Gasteiger partial charge in [-0.2, -0.15) is 0 Å². The van der Waals surface area contributed by atoms with Crippen LogP contribution in [0.5, 0.6) is 5.75 Å². The molecule has 1 N–H and O–H groups in total. The quantitative estimate of drug-likeness (QED) is 0.355. The van der Waals surface area contributed by atoms with Crippen LogP contribution >= 0.6 is 35.3 Å². The van der Waals surface area contributed by atoms with Gasteiger partial charge < -0.3 is 9.72 Å². The number of benzene rings is 2. The molecule has 178 valence electrons. The highest BCUT2D eigenvalue weighted by Crippen LogP contribution is 2.69. The Morgan fingerprint density at radius 1 is 1.03 bits per heavy atom. The zero-order chi connectivity index (χ0) is 24.0. The number of carbonyl (C=O) groups is 2. The van der Waals surface area contributed by atoms with Crippen molar-refractivity contribution in [2.45, 2.75) is 22.6 Å². The van der Waals surface area contributed by atoms with E-state index in [0.29, 0.717) is 5.69 Å². The Morgan fingerprint density at radius 3 is 2.40 bits per heavy atom. The molecule has 5 nitrogen and oxygen atoms in total. The molecule has 9 heteroatoms. The van der Waals surface area contributed by atoms with Gasteiger partial charge in [0.1, 0.15) is 11.6 Å². The molecular formula is C26H21FN2O3S3. The predicted molar refractivity (Wildman–Crippen MR) is 135 cm³/mol. The number of carbonyl (C=O) groups excluding carboxylic acids is 2. The van der Waals surface area contributed by atoms with Gasteiger partial charge in [-0.05, 0) is 78.4 Å². The molecule has 2 aliphatic heterocycles. The first kappa shape index (κ1) is 21.8. The van der Waals surface area contributed by atoms with Crippen molar-refractivity contribution in [3.63, 3.8) is 0 Å². The normalized spacial score (nSPS) is 32.5. The number of ether oxygens (including phenoxy) is 1. The second kappa shape index (κ2) is 7.75. The van der Waals surface area contributed by atoms with E-state index >= 15 is 0 Å². The first-order chi connectivity index (χ1) is 17.0. The standard InChI is InChI=1S/C26H21FN2O3S3/c1-32-14-8-2-11(3-9-14)17-18-15-10-16(21(18)34-23-22(17)35-26(33)28-23)20-19(15)24(30)29(25(20)31)13-6-4-12(27)5-7-13/h2-9,15-21H,10H2,1H3,(H,28,33). The van der Waals surface area contributed by atoms with E-state index in [0.717, 1.165) is 21.2 Å². The molecule has 3 heterocycles. The van der Waals surface area contributed by atoms with E-state index in [9.17, 15) is 14.0 Å². The smallest absolute Gasteiger partial charge is 0.238 e. The van der Waals surface area contributed by atoms with Crippen LogP contribution in [0.4, 0.5) is 10.1 Å². The van der Waals surface area contributed by atoms with Crippen LogP contribution in [-0.4, -0.2) is 29.2 Å². The predicted octanol–water partition coefficient (Wildman–Crippen LogP) is 5.63. The molecule has 2 bridgehead atoms. The lowest BCUT2D eigenvalue weighted by Gasteiger charge is -2.43.